The number of ether oxygens (including phenoxy) is 1. The van der Waals surface area contributed by atoms with E-state index in [1.165, 1.54) is 25.7 Å². The van der Waals surface area contributed by atoms with Gasteiger partial charge in [-0.2, -0.15) is 11.3 Å². The number of unbranched alkanes of at least 4 members (excludes halogenated alkanes) is 2. The molecule has 1 heterocycles. The summed E-state index contributed by atoms with van der Waals surface area (Å²) < 4.78 is 5.17. The Bertz CT molecular complexity index is 685. The zero-order chi connectivity index (χ0) is 18.2. The van der Waals surface area contributed by atoms with E-state index in [1.54, 1.807) is 17.4 Å². The average molecular weight is 380 g/mol. The molecule has 2 aromatic rings. The van der Waals surface area contributed by atoms with Gasteiger partial charge in [-0.3, -0.25) is 0 Å². The summed E-state index contributed by atoms with van der Waals surface area (Å²) in [5.41, 5.74) is 8.18. The third-order valence-corrected chi connectivity index (χ3v) is 5.53. The van der Waals surface area contributed by atoms with Gasteiger partial charge in [0.2, 0.25) is 0 Å². The van der Waals surface area contributed by atoms with Gasteiger partial charge < -0.3 is 10.5 Å². The Morgan fingerprint density at radius 2 is 2.12 bits per heavy atom. The topological polar surface area (TPSA) is 52.3 Å². The molecular formula is C20H26ClNO2S. The zero-order valence-corrected chi connectivity index (χ0v) is 16.5. The van der Waals surface area contributed by atoms with Crippen molar-refractivity contribution < 1.29 is 9.53 Å². The predicted octanol–water partition coefficient (Wildman–Crippen LogP) is 6.68. The number of carbonyl (C=O) groups is 1. The van der Waals surface area contributed by atoms with Crippen LogP contribution in [0.2, 0.25) is 5.02 Å². The average Bonchev–Trinajstić information content (AvgIpc) is 3.09. The monoisotopic (exact) mass is 379 g/mol. The van der Waals surface area contributed by atoms with Gasteiger partial charge in [-0.1, -0.05) is 57.6 Å². The molecule has 0 fully saturated rings. The van der Waals surface area contributed by atoms with Crippen LogP contribution in [0.4, 0.5) is 4.79 Å². The van der Waals surface area contributed by atoms with E-state index in [4.69, 9.17) is 22.1 Å². The smallest absolute Gasteiger partial charge is 0.409 e. The molecule has 2 rings (SSSR count). The molecular weight excluding hydrogens is 354 g/mol. The Balaban J connectivity index is 2.29. The maximum absolute atomic E-state index is 11.2. The standard InChI is InChI=1S/C20H26ClNO2S/c1-3-5-6-7-14(4-2)10-16-11-17(15-8-9-25-13-15)19(12-18(16)21)24-20(22)23/h8-9,11-14H,3-7,10H2,1-2H3,(H2,22,23). The molecule has 1 unspecified atom stereocenters. The Morgan fingerprint density at radius 3 is 2.72 bits per heavy atom. The van der Waals surface area contributed by atoms with Crippen LogP contribution in [0.1, 0.15) is 51.5 Å². The maximum Gasteiger partial charge on any atom is 0.409 e. The van der Waals surface area contributed by atoms with Gasteiger partial charge in [0.05, 0.1) is 0 Å². The summed E-state index contributed by atoms with van der Waals surface area (Å²) in [6.45, 7) is 4.46. The summed E-state index contributed by atoms with van der Waals surface area (Å²) in [6.07, 6.45) is 6.22. The molecule has 1 aromatic heterocycles. The molecule has 0 radical (unpaired) electrons. The molecule has 0 saturated heterocycles. The van der Waals surface area contributed by atoms with Gasteiger partial charge in [0.15, 0.2) is 0 Å². The summed E-state index contributed by atoms with van der Waals surface area (Å²) >= 11 is 8.08. The van der Waals surface area contributed by atoms with Gasteiger partial charge in [-0.15, -0.1) is 0 Å². The number of halogens is 1. The van der Waals surface area contributed by atoms with E-state index in [0.29, 0.717) is 16.7 Å². The predicted molar refractivity (Wildman–Crippen MR) is 107 cm³/mol. The molecule has 0 aliphatic carbocycles. The molecule has 0 bridgehead atoms. The van der Waals surface area contributed by atoms with Crippen LogP contribution < -0.4 is 10.5 Å². The summed E-state index contributed by atoms with van der Waals surface area (Å²) in [4.78, 5) is 11.2. The first-order valence-electron chi connectivity index (χ1n) is 8.87. The lowest BCUT2D eigenvalue weighted by molar-refractivity contribution is 0.211. The van der Waals surface area contributed by atoms with E-state index in [0.717, 1.165) is 29.5 Å². The molecule has 3 nitrogen and oxygen atoms in total. The molecule has 2 N–H and O–H groups in total. The van der Waals surface area contributed by atoms with E-state index < -0.39 is 6.09 Å². The molecule has 1 amide bonds. The van der Waals surface area contributed by atoms with Crippen molar-refractivity contribution in [1.82, 2.24) is 0 Å². The van der Waals surface area contributed by atoms with Crippen LogP contribution in [0.25, 0.3) is 11.1 Å². The third kappa shape index (κ3) is 5.75. The van der Waals surface area contributed by atoms with Crippen molar-refractivity contribution in [3.8, 4) is 16.9 Å². The number of hydrogen-bond donors (Lipinski definition) is 1. The maximum atomic E-state index is 11.2. The lowest BCUT2D eigenvalue weighted by atomic mass is 9.90. The van der Waals surface area contributed by atoms with Crippen molar-refractivity contribution in [2.75, 3.05) is 0 Å². The fraction of sp³-hybridized carbons (Fsp3) is 0.450. The summed E-state index contributed by atoms with van der Waals surface area (Å²) in [5.74, 6) is 1.03. The van der Waals surface area contributed by atoms with Gasteiger partial charge in [0.1, 0.15) is 5.75 Å². The molecule has 0 spiro atoms. The van der Waals surface area contributed by atoms with Crippen LogP contribution in [-0.2, 0) is 6.42 Å². The highest BCUT2D eigenvalue weighted by Crippen LogP contribution is 2.37. The number of thiophene rings is 1. The summed E-state index contributed by atoms with van der Waals surface area (Å²) in [6, 6.07) is 5.77. The molecule has 136 valence electrons. The molecule has 0 saturated carbocycles. The summed E-state index contributed by atoms with van der Waals surface area (Å²) in [5, 5.41) is 4.65. The van der Waals surface area contributed by atoms with Crippen molar-refractivity contribution in [2.24, 2.45) is 11.7 Å². The molecule has 0 aliphatic rings. The minimum atomic E-state index is -0.828. The van der Waals surface area contributed by atoms with E-state index in [2.05, 4.69) is 13.8 Å². The lowest BCUT2D eigenvalue weighted by Crippen LogP contribution is -2.17. The van der Waals surface area contributed by atoms with Crippen LogP contribution >= 0.6 is 22.9 Å². The highest BCUT2D eigenvalue weighted by Gasteiger charge is 2.16. The third-order valence-electron chi connectivity index (χ3n) is 4.49. The number of rotatable bonds is 9. The minimum absolute atomic E-state index is 0.415. The second-order valence-electron chi connectivity index (χ2n) is 6.35. The molecule has 0 aliphatic heterocycles. The Morgan fingerprint density at radius 1 is 1.32 bits per heavy atom. The first kappa shape index (κ1) is 19.8. The highest BCUT2D eigenvalue weighted by molar-refractivity contribution is 7.08. The van der Waals surface area contributed by atoms with Crippen molar-refractivity contribution >= 4 is 29.0 Å². The normalized spacial score (nSPS) is 12.1. The van der Waals surface area contributed by atoms with Crippen LogP contribution in [0.5, 0.6) is 5.75 Å². The van der Waals surface area contributed by atoms with Gasteiger partial charge in [0, 0.05) is 16.7 Å². The van der Waals surface area contributed by atoms with Gasteiger partial charge in [-0.25, -0.2) is 4.79 Å². The van der Waals surface area contributed by atoms with Crippen molar-refractivity contribution in [3.05, 3.63) is 39.5 Å². The second kappa shape index (κ2) is 9.83. The number of amides is 1. The van der Waals surface area contributed by atoms with Crippen LogP contribution in [-0.4, -0.2) is 6.09 Å². The minimum Gasteiger partial charge on any atom is -0.410 e. The zero-order valence-electron chi connectivity index (χ0n) is 14.9. The molecule has 25 heavy (non-hydrogen) atoms. The SMILES string of the molecule is CCCCCC(CC)Cc1cc(-c2ccsc2)c(OC(N)=O)cc1Cl. The first-order chi connectivity index (χ1) is 12.0. The van der Waals surface area contributed by atoms with E-state index in [9.17, 15) is 4.79 Å². The van der Waals surface area contributed by atoms with Gasteiger partial charge in [0.25, 0.3) is 0 Å². The largest absolute Gasteiger partial charge is 0.410 e. The van der Waals surface area contributed by atoms with Crippen molar-refractivity contribution in [3.63, 3.8) is 0 Å². The van der Waals surface area contributed by atoms with Crippen LogP contribution in [0.3, 0.4) is 0 Å². The first-order valence-corrected chi connectivity index (χ1v) is 10.2. The van der Waals surface area contributed by atoms with E-state index in [1.807, 2.05) is 22.9 Å². The van der Waals surface area contributed by atoms with Crippen LogP contribution in [0.15, 0.2) is 29.0 Å². The quantitative estimate of drug-likeness (QED) is 0.494. The Kier molecular flexibility index (Phi) is 7.79. The van der Waals surface area contributed by atoms with Crippen LogP contribution in [0, 0.1) is 5.92 Å². The molecule has 1 atom stereocenters. The second-order valence-corrected chi connectivity index (χ2v) is 7.53. The molecule has 5 heteroatoms. The number of nitrogens with two attached hydrogens (primary N) is 1. The van der Waals surface area contributed by atoms with Crippen molar-refractivity contribution in [2.45, 2.75) is 52.4 Å². The van der Waals surface area contributed by atoms with E-state index in [-0.39, 0.29) is 0 Å². The Labute approximate surface area is 159 Å². The number of primary amides is 1. The van der Waals surface area contributed by atoms with E-state index >= 15 is 0 Å². The number of carbonyl (C=O) groups excluding carboxylic acids is 1. The van der Waals surface area contributed by atoms with Gasteiger partial charge in [-0.05, 0) is 46.4 Å². The Hall–Kier alpha value is -1.52. The van der Waals surface area contributed by atoms with Crippen molar-refractivity contribution in [1.29, 1.82) is 0 Å². The fourth-order valence-electron chi connectivity index (χ4n) is 3.04. The lowest BCUT2D eigenvalue weighted by Gasteiger charge is -2.18. The number of benzene rings is 1. The molecule has 1 aromatic carbocycles. The van der Waals surface area contributed by atoms with Gasteiger partial charge >= 0.3 is 6.09 Å². The number of hydrogen-bond acceptors (Lipinski definition) is 3. The summed E-state index contributed by atoms with van der Waals surface area (Å²) in [7, 11) is 0. The fourth-order valence-corrected chi connectivity index (χ4v) is 3.92. The highest BCUT2D eigenvalue weighted by atomic mass is 35.5.